The number of carboxylic acid groups (broad SMARTS) is 1. The van der Waals surface area contributed by atoms with E-state index in [1.807, 2.05) is 6.07 Å². The van der Waals surface area contributed by atoms with Crippen molar-refractivity contribution >= 4 is 23.5 Å². The maximum atomic E-state index is 12.5. The molecule has 138 valence electrons. The molecule has 2 aromatic rings. The molecule has 0 bridgehead atoms. The van der Waals surface area contributed by atoms with Crippen molar-refractivity contribution in [3.05, 3.63) is 64.7 Å². The third-order valence-corrected chi connectivity index (χ3v) is 4.14. The van der Waals surface area contributed by atoms with Crippen LogP contribution in [0, 0.1) is 0 Å². The summed E-state index contributed by atoms with van der Waals surface area (Å²) < 4.78 is 10.3. The number of benzene rings is 2. The van der Waals surface area contributed by atoms with Crippen LogP contribution in [0.5, 0.6) is 5.75 Å². The van der Waals surface area contributed by atoms with Gasteiger partial charge in [0.15, 0.2) is 6.10 Å². The molecule has 2 rings (SSSR count). The van der Waals surface area contributed by atoms with Gasteiger partial charge < -0.3 is 19.9 Å². The average Bonchev–Trinajstić information content (AvgIpc) is 2.63. The SMILES string of the molecule is COc1ccc(C[C@H](NC(=O)[C@@H](OC)c2ccccc2)C(=O)O)cc1Cl. The molecule has 6 nitrogen and oxygen atoms in total. The molecular weight excluding hydrogens is 358 g/mol. The van der Waals surface area contributed by atoms with Gasteiger partial charge >= 0.3 is 5.97 Å². The molecule has 0 aliphatic carbocycles. The molecule has 0 aromatic heterocycles. The van der Waals surface area contributed by atoms with Crippen LogP contribution in [-0.2, 0) is 20.7 Å². The van der Waals surface area contributed by atoms with Crippen LogP contribution in [0.4, 0.5) is 0 Å². The minimum Gasteiger partial charge on any atom is -0.495 e. The van der Waals surface area contributed by atoms with E-state index in [1.54, 1.807) is 42.5 Å². The first kappa shape index (κ1) is 19.8. The Hall–Kier alpha value is -2.57. The molecule has 7 heteroatoms. The Labute approximate surface area is 156 Å². The number of rotatable bonds is 8. The Morgan fingerprint density at radius 1 is 1.15 bits per heavy atom. The van der Waals surface area contributed by atoms with Gasteiger partial charge in [0.1, 0.15) is 11.8 Å². The summed E-state index contributed by atoms with van der Waals surface area (Å²) in [5, 5.41) is 12.4. The van der Waals surface area contributed by atoms with Crippen LogP contribution in [0.1, 0.15) is 17.2 Å². The molecule has 0 radical (unpaired) electrons. The van der Waals surface area contributed by atoms with Crippen molar-refractivity contribution in [2.45, 2.75) is 18.6 Å². The number of ether oxygens (including phenoxy) is 2. The lowest BCUT2D eigenvalue weighted by atomic mass is 10.0. The number of carbonyl (C=O) groups is 2. The first-order valence-electron chi connectivity index (χ1n) is 7.89. The van der Waals surface area contributed by atoms with Crippen LogP contribution in [0.2, 0.25) is 5.02 Å². The molecule has 0 fully saturated rings. The van der Waals surface area contributed by atoms with E-state index in [4.69, 9.17) is 21.1 Å². The first-order valence-corrected chi connectivity index (χ1v) is 8.27. The quantitative estimate of drug-likeness (QED) is 0.739. The van der Waals surface area contributed by atoms with E-state index in [0.717, 1.165) is 0 Å². The van der Waals surface area contributed by atoms with E-state index in [2.05, 4.69) is 5.32 Å². The molecule has 0 spiro atoms. The van der Waals surface area contributed by atoms with Crippen molar-refractivity contribution in [3.8, 4) is 5.75 Å². The summed E-state index contributed by atoms with van der Waals surface area (Å²) >= 11 is 6.07. The molecule has 2 atom stereocenters. The monoisotopic (exact) mass is 377 g/mol. The fourth-order valence-electron chi connectivity index (χ4n) is 2.54. The number of aliphatic carboxylic acids is 1. The molecule has 0 saturated heterocycles. The van der Waals surface area contributed by atoms with Crippen LogP contribution in [0.3, 0.4) is 0 Å². The Morgan fingerprint density at radius 3 is 2.38 bits per heavy atom. The van der Waals surface area contributed by atoms with Crippen LogP contribution in [0.15, 0.2) is 48.5 Å². The Kier molecular flexibility index (Phi) is 7.00. The highest BCUT2D eigenvalue weighted by molar-refractivity contribution is 6.32. The van der Waals surface area contributed by atoms with E-state index < -0.39 is 24.0 Å². The van der Waals surface area contributed by atoms with Gasteiger partial charge in [-0.3, -0.25) is 4.79 Å². The molecule has 0 aliphatic rings. The van der Waals surface area contributed by atoms with E-state index in [-0.39, 0.29) is 6.42 Å². The summed E-state index contributed by atoms with van der Waals surface area (Å²) in [7, 11) is 2.89. The number of carbonyl (C=O) groups excluding carboxylic acids is 1. The topological polar surface area (TPSA) is 84.9 Å². The van der Waals surface area contributed by atoms with Gasteiger partial charge in [-0.1, -0.05) is 48.0 Å². The van der Waals surface area contributed by atoms with Gasteiger partial charge in [-0.25, -0.2) is 4.79 Å². The van der Waals surface area contributed by atoms with Gasteiger partial charge in [0.2, 0.25) is 0 Å². The second-order valence-electron chi connectivity index (χ2n) is 5.60. The lowest BCUT2D eigenvalue weighted by Gasteiger charge is -2.20. The van der Waals surface area contributed by atoms with Crippen LogP contribution in [0.25, 0.3) is 0 Å². The molecule has 26 heavy (non-hydrogen) atoms. The predicted molar refractivity (Wildman–Crippen MR) is 97.5 cm³/mol. The summed E-state index contributed by atoms with van der Waals surface area (Å²) in [5.74, 6) is -1.17. The predicted octanol–water partition coefficient (Wildman–Crippen LogP) is 2.85. The number of hydrogen-bond acceptors (Lipinski definition) is 4. The second kappa shape index (κ2) is 9.22. The van der Waals surface area contributed by atoms with Gasteiger partial charge in [0, 0.05) is 13.5 Å². The maximum absolute atomic E-state index is 12.5. The summed E-state index contributed by atoms with van der Waals surface area (Å²) in [4.78, 5) is 24.1. The highest BCUT2D eigenvalue weighted by Crippen LogP contribution is 2.25. The highest BCUT2D eigenvalue weighted by Gasteiger charge is 2.26. The molecule has 2 N–H and O–H groups in total. The van der Waals surface area contributed by atoms with Gasteiger partial charge in [-0.2, -0.15) is 0 Å². The fraction of sp³-hybridized carbons (Fsp3) is 0.263. The third-order valence-electron chi connectivity index (χ3n) is 3.85. The lowest BCUT2D eigenvalue weighted by molar-refractivity contribution is -0.144. The zero-order chi connectivity index (χ0) is 19.1. The minimum absolute atomic E-state index is 0.0794. The van der Waals surface area contributed by atoms with Crippen LogP contribution in [-0.4, -0.2) is 37.2 Å². The number of nitrogens with one attached hydrogen (secondary N) is 1. The van der Waals surface area contributed by atoms with Crippen molar-refractivity contribution in [1.82, 2.24) is 5.32 Å². The lowest BCUT2D eigenvalue weighted by Crippen LogP contribution is -2.44. The molecule has 0 unspecified atom stereocenters. The molecule has 0 aliphatic heterocycles. The zero-order valence-corrected chi connectivity index (χ0v) is 15.2. The minimum atomic E-state index is -1.15. The van der Waals surface area contributed by atoms with Crippen molar-refractivity contribution < 1.29 is 24.2 Å². The van der Waals surface area contributed by atoms with Crippen molar-refractivity contribution in [1.29, 1.82) is 0 Å². The van der Waals surface area contributed by atoms with Gasteiger partial charge in [0.05, 0.1) is 12.1 Å². The summed E-state index contributed by atoms with van der Waals surface area (Å²) in [6.07, 6.45) is -0.812. The fourth-order valence-corrected chi connectivity index (χ4v) is 2.82. The number of amides is 1. The largest absolute Gasteiger partial charge is 0.495 e. The van der Waals surface area contributed by atoms with Crippen LogP contribution >= 0.6 is 11.6 Å². The smallest absolute Gasteiger partial charge is 0.326 e. The van der Waals surface area contributed by atoms with E-state index in [1.165, 1.54) is 14.2 Å². The van der Waals surface area contributed by atoms with E-state index >= 15 is 0 Å². The summed E-state index contributed by atoms with van der Waals surface area (Å²) in [5.41, 5.74) is 1.31. The second-order valence-corrected chi connectivity index (χ2v) is 6.01. The van der Waals surface area contributed by atoms with Crippen LogP contribution < -0.4 is 10.1 Å². The number of hydrogen-bond donors (Lipinski definition) is 2. The zero-order valence-electron chi connectivity index (χ0n) is 14.4. The van der Waals surface area contributed by atoms with Gasteiger partial charge in [-0.15, -0.1) is 0 Å². The van der Waals surface area contributed by atoms with E-state index in [9.17, 15) is 14.7 Å². The standard InChI is InChI=1S/C19H20ClNO5/c1-25-16-9-8-12(10-14(16)20)11-15(19(23)24)21-18(22)17(26-2)13-6-4-3-5-7-13/h3-10,15,17H,11H2,1-2H3,(H,21,22)(H,23,24)/t15-,17-/m0/s1. The molecular formula is C19H20ClNO5. The molecule has 1 amide bonds. The molecule has 2 aromatic carbocycles. The normalized spacial score (nSPS) is 12.9. The number of methoxy groups -OCH3 is 2. The maximum Gasteiger partial charge on any atom is 0.326 e. The van der Waals surface area contributed by atoms with Gasteiger partial charge in [0.25, 0.3) is 5.91 Å². The molecule has 0 saturated carbocycles. The Morgan fingerprint density at radius 2 is 1.85 bits per heavy atom. The number of carboxylic acids is 1. The molecule has 0 heterocycles. The Bertz CT molecular complexity index is 766. The van der Waals surface area contributed by atoms with Crippen molar-refractivity contribution in [2.24, 2.45) is 0 Å². The first-order chi connectivity index (χ1) is 12.5. The third kappa shape index (κ3) is 4.97. The highest BCUT2D eigenvalue weighted by atomic mass is 35.5. The Balaban J connectivity index is 2.13. The van der Waals surface area contributed by atoms with Gasteiger partial charge in [-0.05, 0) is 23.3 Å². The van der Waals surface area contributed by atoms with E-state index in [0.29, 0.717) is 21.9 Å². The average molecular weight is 378 g/mol. The van der Waals surface area contributed by atoms with Crippen molar-refractivity contribution in [2.75, 3.05) is 14.2 Å². The summed E-state index contributed by atoms with van der Waals surface area (Å²) in [6, 6.07) is 12.7. The summed E-state index contributed by atoms with van der Waals surface area (Å²) in [6.45, 7) is 0. The number of halogens is 1. The van der Waals surface area contributed by atoms with Crippen molar-refractivity contribution in [3.63, 3.8) is 0 Å².